The van der Waals surface area contributed by atoms with Gasteiger partial charge in [0.05, 0.1) is 6.61 Å². The van der Waals surface area contributed by atoms with Crippen LogP contribution in [-0.2, 0) is 16.0 Å². The molecule has 0 saturated heterocycles. The Morgan fingerprint density at radius 3 is 2.60 bits per heavy atom. The van der Waals surface area contributed by atoms with Crippen molar-refractivity contribution < 1.29 is 13.5 Å². The Balaban J connectivity index is 3.50. The Kier molecular flexibility index (Phi) is 5.81. The minimum Gasteiger partial charge on any atom is -0.760 e. The molecule has 0 spiro atoms. The fourth-order valence-electron chi connectivity index (χ4n) is 0.531. The summed E-state index contributed by atoms with van der Waals surface area (Å²) >= 11 is -2.10. The molecule has 4 nitrogen and oxygen atoms in total. The van der Waals surface area contributed by atoms with Gasteiger partial charge in [0.1, 0.15) is 0 Å². The van der Waals surface area contributed by atoms with Crippen LogP contribution < -0.4 is 0 Å². The molecule has 1 atom stereocenters. The maximum absolute atomic E-state index is 10.3. The van der Waals surface area contributed by atoms with Gasteiger partial charge < -0.3 is 9.29 Å². The van der Waals surface area contributed by atoms with Crippen molar-refractivity contribution in [3.63, 3.8) is 0 Å². The number of nitrogens with zero attached hydrogens (tertiary/aromatic N) is 1. The van der Waals surface area contributed by atoms with Crippen molar-refractivity contribution in [2.45, 2.75) is 6.92 Å². The van der Waals surface area contributed by atoms with Gasteiger partial charge in [-0.15, -0.1) is 0 Å². The number of hydrogen-bond donors (Lipinski definition) is 0. The van der Waals surface area contributed by atoms with E-state index in [4.69, 9.17) is 4.74 Å². The second kappa shape index (κ2) is 5.79. The second-order valence-electron chi connectivity index (χ2n) is 1.73. The number of ether oxygens (including phenoxy) is 1. The van der Waals surface area contributed by atoms with Crippen LogP contribution in [0.1, 0.15) is 6.92 Å². The van der Waals surface area contributed by atoms with Crippen LogP contribution in [0.4, 0.5) is 0 Å². The van der Waals surface area contributed by atoms with E-state index in [-0.39, 0.29) is 0 Å². The summed E-state index contributed by atoms with van der Waals surface area (Å²) in [6.45, 7) is 3.16. The predicted molar refractivity (Wildman–Crippen MR) is 38.0 cm³/mol. The van der Waals surface area contributed by atoms with Gasteiger partial charge in [0, 0.05) is 31.5 Å². The normalized spacial score (nSPS) is 14.0. The molecule has 0 fully saturated rings. The van der Waals surface area contributed by atoms with Crippen LogP contribution in [-0.4, -0.2) is 39.9 Å². The molecule has 0 aromatic heterocycles. The summed E-state index contributed by atoms with van der Waals surface area (Å²) in [4.78, 5) is 0. The molecule has 10 heavy (non-hydrogen) atoms. The molecule has 0 aliphatic rings. The first-order valence-corrected chi connectivity index (χ1v) is 4.08. The van der Waals surface area contributed by atoms with E-state index in [2.05, 4.69) is 0 Å². The highest BCUT2D eigenvalue weighted by Gasteiger charge is 1.99. The van der Waals surface area contributed by atoms with E-state index in [0.29, 0.717) is 19.7 Å². The Bertz CT molecular complexity index is 109. The van der Waals surface area contributed by atoms with Crippen molar-refractivity contribution >= 4 is 11.3 Å². The second-order valence-corrected chi connectivity index (χ2v) is 2.68. The Labute approximate surface area is 63.6 Å². The summed E-state index contributed by atoms with van der Waals surface area (Å²) in [7, 11) is 1.54. The lowest BCUT2D eigenvalue weighted by atomic mass is 10.6. The summed E-state index contributed by atoms with van der Waals surface area (Å²) in [6.07, 6.45) is 0. The van der Waals surface area contributed by atoms with Gasteiger partial charge in [0.2, 0.25) is 0 Å². The Morgan fingerprint density at radius 1 is 1.70 bits per heavy atom. The molecule has 0 aromatic carbocycles. The minimum absolute atomic E-state index is 0.434. The first-order valence-electron chi connectivity index (χ1n) is 3.05. The van der Waals surface area contributed by atoms with Gasteiger partial charge in [0.25, 0.3) is 0 Å². The summed E-state index contributed by atoms with van der Waals surface area (Å²) < 4.78 is 26.6. The van der Waals surface area contributed by atoms with Gasteiger partial charge in [-0.1, -0.05) is 6.92 Å². The molecular weight excluding hydrogens is 154 g/mol. The lowest BCUT2D eigenvalue weighted by molar-refractivity contribution is 0.179. The first-order chi connectivity index (χ1) is 4.72. The monoisotopic (exact) mass is 166 g/mol. The average Bonchev–Trinajstić information content (AvgIpc) is 1.89. The third-order valence-electron chi connectivity index (χ3n) is 1.11. The highest BCUT2D eigenvalue weighted by Crippen LogP contribution is 1.89. The maximum Gasteiger partial charge on any atom is 0.0599 e. The summed E-state index contributed by atoms with van der Waals surface area (Å²) in [5.74, 6) is 0. The molecule has 1 unspecified atom stereocenters. The molecule has 0 amide bonds. The molecule has 0 rings (SSSR count). The summed E-state index contributed by atoms with van der Waals surface area (Å²) in [5, 5.41) is 0. The van der Waals surface area contributed by atoms with Crippen molar-refractivity contribution in [1.29, 1.82) is 0 Å². The summed E-state index contributed by atoms with van der Waals surface area (Å²) in [6, 6.07) is 0. The van der Waals surface area contributed by atoms with Crippen molar-refractivity contribution in [3.05, 3.63) is 0 Å². The fourth-order valence-corrected chi connectivity index (χ4v) is 0.966. The van der Waals surface area contributed by atoms with E-state index in [1.54, 1.807) is 14.0 Å². The van der Waals surface area contributed by atoms with E-state index in [1.807, 2.05) is 0 Å². The van der Waals surface area contributed by atoms with Crippen LogP contribution in [0.15, 0.2) is 0 Å². The molecule has 0 aliphatic carbocycles. The van der Waals surface area contributed by atoms with Crippen LogP contribution >= 0.6 is 0 Å². The molecule has 0 aliphatic heterocycles. The van der Waals surface area contributed by atoms with Crippen molar-refractivity contribution in [3.8, 4) is 0 Å². The minimum atomic E-state index is -2.10. The average molecular weight is 166 g/mol. The summed E-state index contributed by atoms with van der Waals surface area (Å²) in [5.41, 5.74) is 0. The van der Waals surface area contributed by atoms with Gasteiger partial charge in [0.15, 0.2) is 0 Å². The molecule has 5 heteroatoms. The molecule has 62 valence electrons. The quantitative estimate of drug-likeness (QED) is 0.529. The van der Waals surface area contributed by atoms with Crippen molar-refractivity contribution in [2.24, 2.45) is 0 Å². The molecule has 0 aromatic rings. The standard InChI is InChI=1S/C5H13NO3S/c1-3-6(10(7)8)4-5-9-2/h3-5H2,1-2H3,(H,7,8)/p-1. The van der Waals surface area contributed by atoms with Gasteiger partial charge in [-0.3, -0.25) is 4.21 Å². The van der Waals surface area contributed by atoms with Crippen molar-refractivity contribution in [2.75, 3.05) is 26.8 Å². The van der Waals surface area contributed by atoms with Crippen LogP contribution in [0.3, 0.4) is 0 Å². The van der Waals surface area contributed by atoms with Gasteiger partial charge >= 0.3 is 0 Å². The largest absolute Gasteiger partial charge is 0.760 e. The van der Waals surface area contributed by atoms with E-state index in [1.165, 1.54) is 4.31 Å². The zero-order chi connectivity index (χ0) is 7.98. The number of rotatable bonds is 5. The van der Waals surface area contributed by atoms with E-state index in [0.717, 1.165) is 0 Å². The zero-order valence-corrected chi connectivity index (χ0v) is 7.02. The number of hydrogen-bond acceptors (Lipinski definition) is 3. The molecule has 0 bridgehead atoms. The fraction of sp³-hybridized carbons (Fsp3) is 1.00. The highest BCUT2D eigenvalue weighted by atomic mass is 32.2. The Hall–Kier alpha value is 0.0300. The SMILES string of the molecule is CCN(CCOC)S(=O)[O-]. The number of likely N-dealkylation sites (N-methyl/N-ethyl adjacent to an activating group) is 1. The Morgan fingerprint density at radius 2 is 2.30 bits per heavy atom. The third-order valence-corrected chi connectivity index (χ3v) is 1.97. The van der Waals surface area contributed by atoms with Gasteiger partial charge in [-0.05, 0) is 0 Å². The lowest BCUT2D eigenvalue weighted by Gasteiger charge is -2.21. The van der Waals surface area contributed by atoms with Gasteiger partial charge in [-0.25, -0.2) is 4.31 Å². The van der Waals surface area contributed by atoms with Crippen LogP contribution in [0.5, 0.6) is 0 Å². The molecule has 0 heterocycles. The third kappa shape index (κ3) is 3.94. The molecule has 0 radical (unpaired) electrons. The number of methoxy groups -OCH3 is 1. The van der Waals surface area contributed by atoms with Gasteiger partial charge in [-0.2, -0.15) is 0 Å². The lowest BCUT2D eigenvalue weighted by Crippen LogP contribution is -2.28. The predicted octanol–water partition coefficient (Wildman–Crippen LogP) is -0.251. The van der Waals surface area contributed by atoms with E-state index < -0.39 is 11.3 Å². The van der Waals surface area contributed by atoms with Crippen LogP contribution in [0, 0.1) is 0 Å². The smallest absolute Gasteiger partial charge is 0.0599 e. The molecule has 0 N–H and O–H groups in total. The first kappa shape index (κ1) is 10.0. The maximum atomic E-state index is 10.3. The topological polar surface area (TPSA) is 52.6 Å². The molecular formula is C5H12NO3S-. The van der Waals surface area contributed by atoms with E-state index >= 15 is 0 Å². The van der Waals surface area contributed by atoms with Crippen molar-refractivity contribution in [1.82, 2.24) is 4.31 Å². The van der Waals surface area contributed by atoms with Crippen LogP contribution in [0.2, 0.25) is 0 Å². The van der Waals surface area contributed by atoms with Crippen LogP contribution in [0.25, 0.3) is 0 Å². The highest BCUT2D eigenvalue weighted by molar-refractivity contribution is 7.76. The molecule has 0 saturated carbocycles. The van der Waals surface area contributed by atoms with E-state index in [9.17, 15) is 8.76 Å². The zero-order valence-electron chi connectivity index (χ0n) is 6.20.